The van der Waals surface area contributed by atoms with Crippen LogP contribution in [0.25, 0.3) is 44.2 Å². The first-order valence-corrected chi connectivity index (χ1v) is 22.0. The average molecular weight is 823 g/mol. The summed E-state index contributed by atoms with van der Waals surface area (Å²) in [4.78, 5) is 7.30. The van der Waals surface area contributed by atoms with Gasteiger partial charge in [0, 0.05) is 45.8 Å². The molecule has 4 nitrogen and oxygen atoms in total. The van der Waals surface area contributed by atoms with Crippen molar-refractivity contribution in [3.05, 3.63) is 228 Å². The summed E-state index contributed by atoms with van der Waals surface area (Å²) in [6.45, 7) is 18.8. The van der Waals surface area contributed by atoms with Gasteiger partial charge in [0.2, 0.25) is 0 Å². The van der Waals surface area contributed by atoms with Crippen molar-refractivity contribution >= 4 is 44.7 Å². The molecule has 314 valence electrons. The third kappa shape index (κ3) is 8.99. The van der Waals surface area contributed by atoms with Crippen molar-refractivity contribution in [1.82, 2.24) is 9.47 Å². The molecule has 4 heteroatoms. The fraction of sp³-hybridized carbons (Fsp3) is 0.186. The van der Waals surface area contributed by atoms with Gasteiger partial charge in [-0.05, 0) is 69.3 Å². The van der Waals surface area contributed by atoms with Crippen molar-refractivity contribution in [3.63, 3.8) is 0 Å². The monoisotopic (exact) mass is 822 g/mol. The molecule has 0 aliphatic rings. The van der Waals surface area contributed by atoms with Gasteiger partial charge in [-0.2, -0.15) is 0 Å². The quantitative estimate of drug-likeness (QED) is 0.0833. The third-order valence-electron chi connectivity index (χ3n) is 12.2. The second kappa shape index (κ2) is 17.7. The molecule has 0 radical (unpaired) electrons. The highest BCUT2D eigenvalue weighted by atomic mass is 15.2. The van der Waals surface area contributed by atoms with E-state index in [1.807, 2.05) is 48.5 Å². The van der Waals surface area contributed by atoms with Crippen LogP contribution in [0.1, 0.15) is 87.4 Å². The SMILES string of the molecule is C=C(/C(=C\CC(c1ccccc1)N(C)C(=NC(=N)c1ccccc1)c1ccccc1)c1ccccc1)n1c2ccc(C(C)(C)C)cc2c2cc(C(C)(C)C)cc(-c3ccccc3)c21. The van der Waals surface area contributed by atoms with E-state index in [1.54, 1.807) is 0 Å². The Labute approximate surface area is 374 Å². The summed E-state index contributed by atoms with van der Waals surface area (Å²) in [5.74, 6) is 0.942. The second-order valence-electron chi connectivity index (χ2n) is 18.6. The standard InChI is InChI=1S/C59H58N4/c1-41(63-54-36-34-47(58(2,3)4)38-51(54)52-40-48(59(5,6)7)39-50(55(52)63)43-26-16-10-17-27-43)49(42-24-14-9-15-25-42)35-37-53(44-28-18-11-19-29-44)62(8)57(46-32-22-13-23-33-46)61-56(60)45-30-20-12-21-31-45/h9-36,38-40,53,60H,1,37H2,2-8H3/b49-35+,60-56?,61-57?. The molecular weight excluding hydrogens is 765 g/mol. The highest BCUT2D eigenvalue weighted by molar-refractivity contribution is 6.18. The lowest BCUT2D eigenvalue weighted by Crippen LogP contribution is -2.32. The first kappa shape index (κ1) is 42.6. The summed E-state index contributed by atoms with van der Waals surface area (Å²) in [6, 6.07) is 63.8. The Balaban J connectivity index is 1.35. The molecule has 1 aromatic heterocycles. The van der Waals surface area contributed by atoms with E-state index in [4.69, 9.17) is 17.0 Å². The minimum Gasteiger partial charge on any atom is -0.352 e. The molecule has 0 aliphatic carbocycles. The van der Waals surface area contributed by atoms with Gasteiger partial charge in [0.1, 0.15) is 5.84 Å². The summed E-state index contributed by atoms with van der Waals surface area (Å²) in [5, 5.41) is 11.6. The summed E-state index contributed by atoms with van der Waals surface area (Å²) in [5.41, 5.74) is 13.0. The van der Waals surface area contributed by atoms with Crippen molar-refractivity contribution in [2.24, 2.45) is 4.99 Å². The molecule has 0 fully saturated rings. The van der Waals surface area contributed by atoms with Crippen molar-refractivity contribution in [2.75, 3.05) is 7.05 Å². The van der Waals surface area contributed by atoms with E-state index >= 15 is 0 Å². The zero-order chi connectivity index (χ0) is 44.3. The Bertz CT molecular complexity index is 2950. The van der Waals surface area contributed by atoms with Crippen LogP contribution in [0.3, 0.4) is 0 Å². The maximum atomic E-state index is 9.13. The van der Waals surface area contributed by atoms with Crippen molar-refractivity contribution in [1.29, 1.82) is 5.41 Å². The maximum absolute atomic E-state index is 9.13. The average Bonchev–Trinajstić information content (AvgIpc) is 3.63. The fourth-order valence-corrected chi connectivity index (χ4v) is 8.58. The number of allylic oxidation sites excluding steroid dienone is 2. The van der Waals surface area contributed by atoms with Crippen LogP contribution in [-0.2, 0) is 10.8 Å². The van der Waals surface area contributed by atoms with Gasteiger partial charge < -0.3 is 9.47 Å². The molecule has 63 heavy (non-hydrogen) atoms. The van der Waals surface area contributed by atoms with Gasteiger partial charge in [-0.25, -0.2) is 4.99 Å². The van der Waals surface area contributed by atoms with Gasteiger partial charge in [0.05, 0.1) is 17.1 Å². The minimum atomic E-state index is -0.137. The fourth-order valence-electron chi connectivity index (χ4n) is 8.58. The summed E-state index contributed by atoms with van der Waals surface area (Å²) >= 11 is 0. The Morgan fingerprint density at radius 2 is 1.13 bits per heavy atom. The van der Waals surface area contributed by atoms with Gasteiger partial charge in [0.15, 0.2) is 5.84 Å². The van der Waals surface area contributed by atoms with Crippen LogP contribution in [0.5, 0.6) is 0 Å². The van der Waals surface area contributed by atoms with Gasteiger partial charge in [-0.15, -0.1) is 0 Å². The van der Waals surface area contributed by atoms with Crippen molar-refractivity contribution < 1.29 is 0 Å². The normalized spacial score (nSPS) is 13.0. The van der Waals surface area contributed by atoms with Crippen molar-refractivity contribution in [2.45, 2.75) is 64.8 Å². The third-order valence-corrected chi connectivity index (χ3v) is 12.2. The number of aliphatic imine (C=N–C) groups is 1. The molecule has 0 aliphatic heterocycles. The molecule has 0 spiro atoms. The van der Waals surface area contributed by atoms with E-state index in [9.17, 15) is 0 Å². The predicted octanol–water partition coefficient (Wildman–Crippen LogP) is 15.1. The lowest BCUT2D eigenvalue weighted by atomic mass is 9.83. The molecule has 8 aromatic rings. The van der Waals surface area contributed by atoms with Gasteiger partial charge in [-0.3, -0.25) is 5.41 Å². The molecule has 1 heterocycles. The summed E-state index contributed by atoms with van der Waals surface area (Å²) in [6.07, 6.45) is 3.00. The lowest BCUT2D eigenvalue weighted by Gasteiger charge is -2.31. The van der Waals surface area contributed by atoms with E-state index in [2.05, 4.69) is 198 Å². The number of aromatic nitrogens is 1. The van der Waals surface area contributed by atoms with Gasteiger partial charge in [0.25, 0.3) is 0 Å². The van der Waals surface area contributed by atoms with Crippen LogP contribution >= 0.6 is 0 Å². The maximum Gasteiger partial charge on any atom is 0.154 e. The Hall–Kier alpha value is -7.04. The first-order valence-electron chi connectivity index (χ1n) is 22.0. The molecule has 8 rings (SSSR count). The number of rotatable bonds is 10. The smallest absolute Gasteiger partial charge is 0.154 e. The zero-order valence-corrected chi connectivity index (χ0v) is 37.7. The molecule has 0 saturated carbocycles. The van der Waals surface area contributed by atoms with Crippen LogP contribution in [0.4, 0.5) is 0 Å². The highest BCUT2D eigenvalue weighted by Crippen LogP contribution is 2.44. The molecule has 7 aromatic carbocycles. The Morgan fingerprint density at radius 3 is 1.70 bits per heavy atom. The number of hydrogen-bond donors (Lipinski definition) is 1. The van der Waals surface area contributed by atoms with Crippen LogP contribution in [0, 0.1) is 5.41 Å². The van der Waals surface area contributed by atoms with Gasteiger partial charge in [-0.1, -0.05) is 212 Å². The van der Waals surface area contributed by atoms with Crippen LogP contribution in [0.2, 0.25) is 0 Å². The van der Waals surface area contributed by atoms with E-state index in [0.717, 1.165) is 50.4 Å². The van der Waals surface area contributed by atoms with Gasteiger partial charge >= 0.3 is 0 Å². The zero-order valence-electron chi connectivity index (χ0n) is 37.7. The topological polar surface area (TPSA) is 44.4 Å². The van der Waals surface area contributed by atoms with Crippen LogP contribution < -0.4 is 0 Å². The molecule has 1 atom stereocenters. The summed E-state index contributed by atoms with van der Waals surface area (Å²) < 4.78 is 2.42. The Morgan fingerprint density at radius 1 is 0.619 bits per heavy atom. The number of nitrogens with zero attached hydrogens (tertiary/aromatic N) is 3. The number of benzene rings is 7. The van der Waals surface area contributed by atoms with E-state index in [-0.39, 0.29) is 22.7 Å². The number of nitrogens with one attached hydrogen (secondary N) is 1. The molecule has 0 saturated heterocycles. The minimum absolute atomic E-state index is 0.0292. The van der Waals surface area contributed by atoms with Crippen LogP contribution in [-0.4, -0.2) is 28.2 Å². The number of hydrogen-bond acceptors (Lipinski definition) is 1. The second-order valence-corrected chi connectivity index (χ2v) is 18.6. The predicted molar refractivity (Wildman–Crippen MR) is 270 cm³/mol. The lowest BCUT2D eigenvalue weighted by molar-refractivity contribution is 0.378. The molecule has 1 N–H and O–H groups in total. The largest absolute Gasteiger partial charge is 0.352 e. The summed E-state index contributed by atoms with van der Waals surface area (Å²) in [7, 11) is 2.10. The van der Waals surface area contributed by atoms with Crippen LogP contribution in [0.15, 0.2) is 200 Å². The molecule has 0 bridgehead atoms. The van der Waals surface area contributed by atoms with E-state index < -0.39 is 0 Å². The number of fused-ring (bicyclic) bond motifs is 3. The molecule has 0 amide bonds. The van der Waals surface area contributed by atoms with Crippen molar-refractivity contribution in [3.8, 4) is 11.1 Å². The Kier molecular flexibility index (Phi) is 12.0. The molecule has 1 unspecified atom stereocenters. The van der Waals surface area contributed by atoms with E-state index in [0.29, 0.717) is 6.42 Å². The first-order chi connectivity index (χ1) is 30.3. The number of amidine groups is 2. The van der Waals surface area contributed by atoms with E-state index in [1.165, 1.54) is 33.0 Å². The highest BCUT2D eigenvalue weighted by Gasteiger charge is 2.27. The molecular formula is C59H58N4.